The number of amides is 1. The van der Waals surface area contributed by atoms with Crippen molar-refractivity contribution in [3.8, 4) is 0 Å². The number of thiazole rings is 1. The maximum absolute atomic E-state index is 12.3. The lowest BCUT2D eigenvalue weighted by Crippen LogP contribution is -2.37. The Hall–Kier alpha value is -0.360. The van der Waals surface area contributed by atoms with Gasteiger partial charge in [0, 0.05) is 17.5 Å². The number of hydrogen-bond acceptors (Lipinski definition) is 4. The van der Waals surface area contributed by atoms with Crippen LogP contribution in [0.1, 0.15) is 43.7 Å². The van der Waals surface area contributed by atoms with Crippen molar-refractivity contribution >= 4 is 42.1 Å². The van der Waals surface area contributed by atoms with Crippen LogP contribution in [0.25, 0.3) is 0 Å². The number of hydrogen-bond donors (Lipinski definition) is 2. The molecule has 0 saturated heterocycles. The average molecular weight is 340 g/mol. The number of nitrogens with one attached hydrogen (secondary N) is 1. The molecule has 116 valence electrons. The van der Waals surface area contributed by atoms with E-state index in [0.29, 0.717) is 12.5 Å². The summed E-state index contributed by atoms with van der Waals surface area (Å²) in [5, 5.41) is 6.07. The summed E-state index contributed by atoms with van der Waals surface area (Å²) in [6.07, 6.45) is 5.84. The minimum atomic E-state index is 0. The molecule has 0 bridgehead atoms. The summed E-state index contributed by atoms with van der Waals surface area (Å²) in [6, 6.07) is 0.0523. The topological polar surface area (TPSA) is 68.0 Å². The van der Waals surface area contributed by atoms with Gasteiger partial charge in [0.2, 0.25) is 5.91 Å². The SMILES string of the molecule is CCC(NC(=O)[C@@H]1CCC[C@@H]1CN)c1nccs1.Cl.Cl. The summed E-state index contributed by atoms with van der Waals surface area (Å²) in [7, 11) is 0. The lowest BCUT2D eigenvalue weighted by molar-refractivity contribution is -0.126. The van der Waals surface area contributed by atoms with Gasteiger partial charge in [-0.05, 0) is 31.7 Å². The van der Waals surface area contributed by atoms with Crippen LogP contribution in [-0.2, 0) is 4.79 Å². The molecule has 3 atom stereocenters. The van der Waals surface area contributed by atoms with Crippen LogP contribution in [0.4, 0.5) is 0 Å². The number of carbonyl (C=O) groups is 1. The highest BCUT2D eigenvalue weighted by atomic mass is 35.5. The van der Waals surface area contributed by atoms with E-state index in [2.05, 4.69) is 17.2 Å². The molecule has 0 spiro atoms. The fourth-order valence-corrected chi connectivity index (χ4v) is 3.46. The van der Waals surface area contributed by atoms with Crippen LogP contribution in [0.3, 0.4) is 0 Å². The smallest absolute Gasteiger partial charge is 0.223 e. The minimum absolute atomic E-state index is 0. The van der Waals surface area contributed by atoms with Crippen molar-refractivity contribution in [1.29, 1.82) is 0 Å². The number of nitrogens with two attached hydrogens (primary N) is 1. The predicted molar refractivity (Wildman–Crippen MR) is 87.7 cm³/mol. The predicted octanol–water partition coefficient (Wildman–Crippen LogP) is 2.93. The van der Waals surface area contributed by atoms with E-state index in [4.69, 9.17) is 5.73 Å². The van der Waals surface area contributed by atoms with E-state index >= 15 is 0 Å². The molecule has 1 aromatic rings. The summed E-state index contributed by atoms with van der Waals surface area (Å²) < 4.78 is 0. The molecule has 1 aliphatic carbocycles. The fraction of sp³-hybridized carbons (Fsp3) is 0.692. The van der Waals surface area contributed by atoms with Crippen molar-refractivity contribution in [2.45, 2.75) is 38.6 Å². The van der Waals surface area contributed by atoms with Crippen molar-refractivity contribution in [2.75, 3.05) is 6.54 Å². The van der Waals surface area contributed by atoms with E-state index in [1.807, 2.05) is 5.38 Å². The molecule has 1 aliphatic rings. The second-order valence-corrected chi connectivity index (χ2v) is 5.80. The van der Waals surface area contributed by atoms with Crippen LogP contribution in [-0.4, -0.2) is 17.4 Å². The molecular weight excluding hydrogens is 317 g/mol. The van der Waals surface area contributed by atoms with Crippen LogP contribution in [0.15, 0.2) is 11.6 Å². The molecule has 0 aliphatic heterocycles. The van der Waals surface area contributed by atoms with Crippen molar-refractivity contribution in [3.63, 3.8) is 0 Å². The number of nitrogens with zero attached hydrogens (tertiary/aromatic N) is 1. The summed E-state index contributed by atoms with van der Waals surface area (Å²) in [5.74, 6) is 0.618. The highest BCUT2D eigenvalue weighted by Gasteiger charge is 2.33. The Morgan fingerprint density at radius 2 is 2.30 bits per heavy atom. The van der Waals surface area contributed by atoms with E-state index in [-0.39, 0.29) is 42.7 Å². The Morgan fingerprint density at radius 3 is 2.85 bits per heavy atom. The largest absolute Gasteiger partial charge is 0.347 e. The van der Waals surface area contributed by atoms with Crippen LogP contribution < -0.4 is 11.1 Å². The molecule has 1 unspecified atom stereocenters. The first kappa shape index (κ1) is 19.6. The highest BCUT2D eigenvalue weighted by molar-refractivity contribution is 7.09. The number of rotatable bonds is 5. The quantitative estimate of drug-likeness (QED) is 0.866. The Labute approximate surface area is 136 Å². The molecule has 3 N–H and O–H groups in total. The third kappa shape index (κ3) is 4.58. The van der Waals surface area contributed by atoms with Crippen LogP contribution in [0.2, 0.25) is 0 Å². The summed E-state index contributed by atoms with van der Waals surface area (Å²) in [6.45, 7) is 2.69. The summed E-state index contributed by atoms with van der Waals surface area (Å²) >= 11 is 1.60. The second-order valence-electron chi connectivity index (χ2n) is 4.87. The van der Waals surface area contributed by atoms with Crippen LogP contribution >= 0.6 is 36.2 Å². The Balaban J connectivity index is 0.00000180. The Morgan fingerprint density at radius 1 is 1.55 bits per heavy atom. The van der Waals surface area contributed by atoms with Gasteiger partial charge < -0.3 is 11.1 Å². The molecule has 0 aromatic carbocycles. The van der Waals surface area contributed by atoms with E-state index in [1.165, 1.54) is 0 Å². The van der Waals surface area contributed by atoms with Crippen molar-refractivity contribution in [2.24, 2.45) is 17.6 Å². The first-order chi connectivity index (χ1) is 8.76. The van der Waals surface area contributed by atoms with E-state index < -0.39 is 0 Å². The molecule has 0 radical (unpaired) electrons. The monoisotopic (exact) mass is 339 g/mol. The number of carbonyl (C=O) groups excluding carboxylic acids is 1. The van der Waals surface area contributed by atoms with E-state index in [1.54, 1.807) is 17.5 Å². The molecule has 1 saturated carbocycles. The van der Waals surface area contributed by atoms with Crippen molar-refractivity contribution < 1.29 is 4.79 Å². The van der Waals surface area contributed by atoms with Gasteiger partial charge in [-0.1, -0.05) is 13.3 Å². The molecule has 1 amide bonds. The van der Waals surface area contributed by atoms with Gasteiger partial charge in [0.25, 0.3) is 0 Å². The molecule has 1 aromatic heterocycles. The van der Waals surface area contributed by atoms with Gasteiger partial charge in [-0.25, -0.2) is 4.98 Å². The molecule has 4 nitrogen and oxygen atoms in total. The molecule has 1 fully saturated rings. The molecule has 20 heavy (non-hydrogen) atoms. The summed E-state index contributed by atoms with van der Waals surface area (Å²) in [5.41, 5.74) is 5.73. The van der Waals surface area contributed by atoms with Gasteiger partial charge in [-0.2, -0.15) is 0 Å². The lowest BCUT2D eigenvalue weighted by Gasteiger charge is -2.21. The zero-order valence-corrected chi connectivity index (χ0v) is 14.0. The fourth-order valence-electron chi connectivity index (χ4n) is 2.69. The van der Waals surface area contributed by atoms with Crippen LogP contribution in [0.5, 0.6) is 0 Å². The Bertz CT molecular complexity index is 389. The molecule has 2 rings (SSSR count). The molecular formula is C13H23Cl2N3OS. The number of aromatic nitrogens is 1. The van der Waals surface area contributed by atoms with Gasteiger partial charge in [-0.15, -0.1) is 36.2 Å². The first-order valence-corrected chi connectivity index (χ1v) is 7.54. The summed E-state index contributed by atoms with van der Waals surface area (Å²) in [4.78, 5) is 16.6. The second kappa shape index (κ2) is 9.55. The molecule has 7 heteroatoms. The highest BCUT2D eigenvalue weighted by Crippen LogP contribution is 2.32. The molecule has 1 heterocycles. The lowest BCUT2D eigenvalue weighted by atomic mass is 9.95. The van der Waals surface area contributed by atoms with Crippen LogP contribution in [0, 0.1) is 11.8 Å². The van der Waals surface area contributed by atoms with Crippen molar-refractivity contribution in [1.82, 2.24) is 10.3 Å². The van der Waals surface area contributed by atoms with Crippen molar-refractivity contribution in [3.05, 3.63) is 16.6 Å². The maximum Gasteiger partial charge on any atom is 0.223 e. The number of halogens is 2. The zero-order valence-electron chi connectivity index (χ0n) is 11.6. The maximum atomic E-state index is 12.3. The van der Waals surface area contributed by atoms with Gasteiger partial charge in [-0.3, -0.25) is 4.79 Å². The standard InChI is InChI=1S/C13H21N3OS.2ClH/c1-2-11(13-15-6-7-18-13)16-12(17)10-5-3-4-9(10)8-14;;/h6-7,9-11H,2-5,8,14H2,1H3,(H,16,17);2*1H/t9-,10-,11?;;/m1../s1. The third-order valence-corrected chi connectivity index (χ3v) is 4.66. The van der Waals surface area contributed by atoms with Gasteiger partial charge in [0.05, 0.1) is 6.04 Å². The van der Waals surface area contributed by atoms with Gasteiger partial charge in [0.15, 0.2) is 0 Å². The minimum Gasteiger partial charge on any atom is -0.347 e. The Kier molecular flexibility index (Phi) is 9.38. The van der Waals surface area contributed by atoms with Gasteiger partial charge in [0.1, 0.15) is 5.01 Å². The third-order valence-electron chi connectivity index (χ3n) is 3.77. The van der Waals surface area contributed by atoms with Gasteiger partial charge >= 0.3 is 0 Å². The first-order valence-electron chi connectivity index (χ1n) is 6.66. The van der Waals surface area contributed by atoms with E-state index in [9.17, 15) is 4.79 Å². The zero-order chi connectivity index (χ0) is 13.0. The average Bonchev–Trinajstić information content (AvgIpc) is 3.05. The normalized spacial score (nSPS) is 22.5. The van der Waals surface area contributed by atoms with E-state index in [0.717, 1.165) is 30.7 Å².